The Bertz CT molecular complexity index is 480. The fraction of sp³-hybridized carbons (Fsp3) is 0.0909. The van der Waals surface area contributed by atoms with Crippen LogP contribution in [0.5, 0.6) is 11.5 Å². The Kier molecular flexibility index (Phi) is 2.33. The highest BCUT2D eigenvalue weighted by Crippen LogP contribution is 2.38. The molecule has 0 aliphatic rings. The lowest BCUT2D eigenvalue weighted by Gasteiger charge is -2.08. The summed E-state index contributed by atoms with van der Waals surface area (Å²) in [6.45, 7) is 0. The van der Waals surface area contributed by atoms with Gasteiger partial charge in [-0.05, 0) is 15.9 Å². The second-order valence-corrected chi connectivity index (χ2v) is 3.75. The first-order valence-corrected chi connectivity index (χ1v) is 4.97. The van der Waals surface area contributed by atoms with Crippen molar-refractivity contribution in [2.24, 2.45) is 0 Å². The van der Waals surface area contributed by atoms with Crippen LogP contribution in [-0.4, -0.2) is 12.2 Å². The van der Waals surface area contributed by atoms with Crippen LogP contribution in [0.4, 0.5) is 0 Å². The Morgan fingerprint density at radius 3 is 2.50 bits per heavy atom. The Labute approximate surface area is 90.3 Å². The molecule has 0 spiro atoms. The van der Waals surface area contributed by atoms with Gasteiger partial charge in [-0.25, -0.2) is 0 Å². The lowest BCUT2D eigenvalue weighted by atomic mass is 10.1. The van der Waals surface area contributed by atoms with E-state index in [1.807, 2.05) is 24.3 Å². The standard InChI is InChI=1S/C11H9BrO2/c1-14-10-6-9(13)7-4-2-3-5-8(7)11(10)12/h2-6,13H,1H3. The van der Waals surface area contributed by atoms with Crippen LogP contribution in [-0.2, 0) is 0 Å². The molecule has 1 N–H and O–H groups in total. The number of ether oxygens (including phenoxy) is 1. The third kappa shape index (κ3) is 1.34. The maximum absolute atomic E-state index is 9.71. The molecule has 0 aliphatic carbocycles. The van der Waals surface area contributed by atoms with E-state index < -0.39 is 0 Å². The number of hydrogen-bond donors (Lipinski definition) is 1. The van der Waals surface area contributed by atoms with E-state index in [1.54, 1.807) is 13.2 Å². The van der Waals surface area contributed by atoms with E-state index in [2.05, 4.69) is 15.9 Å². The van der Waals surface area contributed by atoms with Gasteiger partial charge in [0, 0.05) is 16.8 Å². The molecule has 0 saturated carbocycles. The van der Waals surface area contributed by atoms with Gasteiger partial charge in [0.2, 0.25) is 0 Å². The van der Waals surface area contributed by atoms with Crippen LogP contribution in [0, 0.1) is 0 Å². The number of hydrogen-bond acceptors (Lipinski definition) is 2. The van der Waals surface area contributed by atoms with Crippen LogP contribution in [0.2, 0.25) is 0 Å². The summed E-state index contributed by atoms with van der Waals surface area (Å²) in [7, 11) is 1.58. The minimum Gasteiger partial charge on any atom is -0.507 e. The van der Waals surface area contributed by atoms with E-state index in [1.165, 1.54) is 0 Å². The van der Waals surface area contributed by atoms with Gasteiger partial charge in [-0.3, -0.25) is 0 Å². The number of benzene rings is 2. The van der Waals surface area contributed by atoms with Crippen molar-refractivity contribution in [3.63, 3.8) is 0 Å². The molecule has 2 aromatic carbocycles. The van der Waals surface area contributed by atoms with Gasteiger partial charge in [0.1, 0.15) is 11.5 Å². The summed E-state index contributed by atoms with van der Waals surface area (Å²) in [4.78, 5) is 0. The van der Waals surface area contributed by atoms with Crippen molar-refractivity contribution in [2.75, 3.05) is 7.11 Å². The number of rotatable bonds is 1. The Balaban J connectivity index is 2.87. The smallest absolute Gasteiger partial charge is 0.137 e. The quantitative estimate of drug-likeness (QED) is 0.844. The molecule has 0 aromatic heterocycles. The summed E-state index contributed by atoms with van der Waals surface area (Å²) >= 11 is 3.44. The predicted octanol–water partition coefficient (Wildman–Crippen LogP) is 3.32. The molecule has 0 heterocycles. The number of halogens is 1. The highest BCUT2D eigenvalue weighted by atomic mass is 79.9. The molecule has 0 aliphatic heterocycles. The molecule has 2 nitrogen and oxygen atoms in total. The summed E-state index contributed by atoms with van der Waals surface area (Å²) < 4.78 is 6.00. The van der Waals surface area contributed by atoms with E-state index >= 15 is 0 Å². The Hall–Kier alpha value is -1.22. The molecular formula is C11H9BrO2. The summed E-state index contributed by atoms with van der Waals surface area (Å²) in [6.07, 6.45) is 0. The molecule has 72 valence electrons. The maximum atomic E-state index is 9.71. The normalized spacial score (nSPS) is 10.4. The molecule has 0 atom stereocenters. The molecule has 0 unspecified atom stereocenters. The average Bonchev–Trinajstić information content (AvgIpc) is 2.23. The van der Waals surface area contributed by atoms with Crippen molar-refractivity contribution in [2.45, 2.75) is 0 Å². The predicted molar refractivity (Wildman–Crippen MR) is 59.9 cm³/mol. The first-order valence-electron chi connectivity index (χ1n) is 4.18. The number of aromatic hydroxyl groups is 1. The Morgan fingerprint density at radius 2 is 1.86 bits per heavy atom. The second-order valence-electron chi connectivity index (χ2n) is 2.96. The highest BCUT2D eigenvalue weighted by molar-refractivity contribution is 9.10. The molecule has 0 bridgehead atoms. The number of methoxy groups -OCH3 is 1. The van der Waals surface area contributed by atoms with E-state index in [0.717, 1.165) is 15.2 Å². The van der Waals surface area contributed by atoms with E-state index in [4.69, 9.17) is 4.74 Å². The molecule has 2 aromatic rings. The molecule has 2 rings (SSSR count). The molecule has 0 saturated heterocycles. The van der Waals surface area contributed by atoms with E-state index in [9.17, 15) is 5.11 Å². The third-order valence-corrected chi connectivity index (χ3v) is 2.96. The zero-order valence-corrected chi connectivity index (χ0v) is 9.21. The van der Waals surface area contributed by atoms with Gasteiger partial charge in [-0.1, -0.05) is 24.3 Å². The van der Waals surface area contributed by atoms with Gasteiger partial charge in [0.25, 0.3) is 0 Å². The third-order valence-electron chi connectivity index (χ3n) is 2.14. The number of phenolic OH excluding ortho intramolecular Hbond substituents is 1. The lowest BCUT2D eigenvalue weighted by Crippen LogP contribution is -1.85. The van der Waals surface area contributed by atoms with Crippen LogP contribution in [0.15, 0.2) is 34.8 Å². The summed E-state index contributed by atoms with van der Waals surface area (Å²) in [6, 6.07) is 9.22. The fourth-order valence-corrected chi connectivity index (χ4v) is 2.07. The number of fused-ring (bicyclic) bond motifs is 1. The van der Waals surface area contributed by atoms with Crippen LogP contribution in [0.3, 0.4) is 0 Å². The molecule has 14 heavy (non-hydrogen) atoms. The van der Waals surface area contributed by atoms with Crippen molar-refractivity contribution in [1.29, 1.82) is 0 Å². The van der Waals surface area contributed by atoms with Crippen LogP contribution in [0.1, 0.15) is 0 Å². The molecule has 3 heteroatoms. The SMILES string of the molecule is COc1cc(O)c2ccccc2c1Br. The molecule has 0 fully saturated rings. The first kappa shape index (κ1) is 9.34. The summed E-state index contributed by atoms with van der Waals surface area (Å²) in [5.74, 6) is 0.877. The largest absolute Gasteiger partial charge is 0.507 e. The monoisotopic (exact) mass is 252 g/mol. The second kappa shape index (κ2) is 3.50. The summed E-state index contributed by atoms with van der Waals surface area (Å²) in [5.41, 5.74) is 0. The van der Waals surface area contributed by atoms with Gasteiger partial charge >= 0.3 is 0 Å². The van der Waals surface area contributed by atoms with Crippen LogP contribution in [0.25, 0.3) is 10.8 Å². The minimum absolute atomic E-state index is 0.237. The lowest BCUT2D eigenvalue weighted by molar-refractivity contribution is 0.407. The maximum Gasteiger partial charge on any atom is 0.137 e. The Morgan fingerprint density at radius 1 is 1.21 bits per heavy atom. The van der Waals surface area contributed by atoms with Gasteiger partial charge in [0.15, 0.2) is 0 Å². The molecular weight excluding hydrogens is 244 g/mol. The van der Waals surface area contributed by atoms with Gasteiger partial charge in [0.05, 0.1) is 11.6 Å². The first-order chi connectivity index (χ1) is 6.74. The van der Waals surface area contributed by atoms with Gasteiger partial charge in [-0.2, -0.15) is 0 Å². The van der Waals surface area contributed by atoms with Crippen molar-refractivity contribution < 1.29 is 9.84 Å². The zero-order chi connectivity index (χ0) is 10.1. The van der Waals surface area contributed by atoms with Crippen LogP contribution < -0.4 is 4.74 Å². The van der Waals surface area contributed by atoms with E-state index in [-0.39, 0.29) is 5.75 Å². The van der Waals surface area contributed by atoms with Gasteiger partial charge in [-0.15, -0.1) is 0 Å². The van der Waals surface area contributed by atoms with Crippen molar-refractivity contribution in [3.8, 4) is 11.5 Å². The minimum atomic E-state index is 0.237. The van der Waals surface area contributed by atoms with Gasteiger partial charge < -0.3 is 9.84 Å². The number of phenols is 1. The average molecular weight is 253 g/mol. The van der Waals surface area contributed by atoms with Crippen molar-refractivity contribution in [3.05, 3.63) is 34.8 Å². The zero-order valence-electron chi connectivity index (χ0n) is 7.62. The topological polar surface area (TPSA) is 29.5 Å². The van der Waals surface area contributed by atoms with Crippen LogP contribution >= 0.6 is 15.9 Å². The van der Waals surface area contributed by atoms with Crippen molar-refractivity contribution in [1.82, 2.24) is 0 Å². The van der Waals surface area contributed by atoms with Crippen molar-refractivity contribution >= 4 is 26.7 Å². The van der Waals surface area contributed by atoms with E-state index in [0.29, 0.717) is 5.75 Å². The summed E-state index contributed by atoms with van der Waals surface area (Å²) in [5, 5.41) is 11.5. The highest BCUT2D eigenvalue weighted by Gasteiger charge is 2.08. The fourth-order valence-electron chi connectivity index (χ4n) is 1.44. The molecule has 0 amide bonds. The molecule has 0 radical (unpaired) electrons.